The second-order valence-corrected chi connectivity index (χ2v) is 5.48. The summed E-state index contributed by atoms with van der Waals surface area (Å²) in [7, 11) is 0. The summed E-state index contributed by atoms with van der Waals surface area (Å²) in [4.78, 5) is 14.3. The first-order valence-corrected chi connectivity index (χ1v) is 7.95. The maximum absolute atomic E-state index is 13.9. The third-order valence-corrected chi connectivity index (χ3v) is 3.71. The Morgan fingerprint density at radius 1 is 1.00 bits per heavy atom. The normalized spacial score (nSPS) is 10.6. The topological polar surface area (TPSA) is 20.3 Å². The fourth-order valence-corrected chi connectivity index (χ4v) is 2.46. The van der Waals surface area contributed by atoms with Gasteiger partial charge in [0.1, 0.15) is 11.6 Å². The summed E-state index contributed by atoms with van der Waals surface area (Å²) in [5.74, 6) is -1.96. The van der Waals surface area contributed by atoms with Crippen molar-refractivity contribution in [2.75, 3.05) is 11.4 Å². The molecule has 0 aliphatic heterocycles. The molecular formula is C19H21F2NO. The number of carbonyl (C=O) groups is 1. The zero-order chi connectivity index (χ0) is 16.7. The summed E-state index contributed by atoms with van der Waals surface area (Å²) < 4.78 is 27.0. The zero-order valence-electron chi connectivity index (χ0n) is 13.3. The minimum Gasteiger partial charge on any atom is -0.308 e. The van der Waals surface area contributed by atoms with Crippen molar-refractivity contribution in [2.45, 2.75) is 32.6 Å². The van der Waals surface area contributed by atoms with Crippen LogP contribution in [0.3, 0.4) is 0 Å². The number of nitrogens with zero attached hydrogens (tertiary/aromatic N) is 1. The molecule has 0 saturated heterocycles. The molecule has 2 aromatic rings. The molecule has 0 atom stereocenters. The molecule has 2 rings (SSSR count). The predicted molar refractivity (Wildman–Crippen MR) is 88.6 cm³/mol. The van der Waals surface area contributed by atoms with Crippen LogP contribution in [0.1, 0.15) is 43.0 Å². The van der Waals surface area contributed by atoms with Gasteiger partial charge in [0.25, 0.3) is 5.91 Å². The Labute approximate surface area is 135 Å². The Bertz CT molecular complexity index is 643. The SMILES string of the molecule is CCCCCCN(C(=O)c1ccc(F)cc1F)c1ccccc1. The van der Waals surface area contributed by atoms with E-state index in [0.29, 0.717) is 6.54 Å². The summed E-state index contributed by atoms with van der Waals surface area (Å²) in [6.45, 7) is 2.63. The number of hydrogen-bond donors (Lipinski definition) is 0. The fraction of sp³-hybridized carbons (Fsp3) is 0.316. The molecule has 0 aromatic heterocycles. The van der Waals surface area contributed by atoms with E-state index in [-0.39, 0.29) is 5.56 Å². The van der Waals surface area contributed by atoms with Crippen molar-refractivity contribution >= 4 is 11.6 Å². The average Bonchev–Trinajstić information content (AvgIpc) is 2.55. The molecule has 122 valence electrons. The summed E-state index contributed by atoms with van der Waals surface area (Å²) in [6, 6.07) is 12.2. The lowest BCUT2D eigenvalue weighted by molar-refractivity contribution is 0.0982. The van der Waals surface area contributed by atoms with Crippen LogP contribution in [-0.2, 0) is 0 Å². The number of halogens is 2. The number of unbranched alkanes of at least 4 members (excludes halogenated alkanes) is 3. The van der Waals surface area contributed by atoms with Crippen molar-refractivity contribution in [3.63, 3.8) is 0 Å². The van der Waals surface area contributed by atoms with Gasteiger partial charge in [0.2, 0.25) is 0 Å². The molecule has 0 heterocycles. The highest BCUT2D eigenvalue weighted by Crippen LogP contribution is 2.20. The lowest BCUT2D eigenvalue weighted by atomic mass is 10.1. The Morgan fingerprint density at radius 2 is 1.74 bits per heavy atom. The number of rotatable bonds is 7. The van der Waals surface area contributed by atoms with Gasteiger partial charge in [-0.3, -0.25) is 4.79 Å². The quantitative estimate of drug-likeness (QED) is 0.643. The number of carbonyl (C=O) groups excluding carboxylic acids is 1. The molecule has 23 heavy (non-hydrogen) atoms. The van der Waals surface area contributed by atoms with Crippen molar-refractivity contribution in [3.05, 3.63) is 65.7 Å². The monoisotopic (exact) mass is 317 g/mol. The van der Waals surface area contributed by atoms with Gasteiger partial charge in [0.05, 0.1) is 5.56 Å². The lowest BCUT2D eigenvalue weighted by Crippen LogP contribution is -2.32. The molecule has 2 aromatic carbocycles. The van der Waals surface area contributed by atoms with Crippen LogP contribution in [0.15, 0.2) is 48.5 Å². The fourth-order valence-electron chi connectivity index (χ4n) is 2.46. The minimum atomic E-state index is -0.829. The second kappa shape index (κ2) is 8.42. The summed E-state index contributed by atoms with van der Waals surface area (Å²) in [5, 5.41) is 0. The van der Waals surface area contributed by atoms with Crippen LogP contribution < -0.4 is 4.90 Å². The van der Waals surface area contributed by atoms with E-state index in [9.17, 15) is 13.6 Å². The van der Waals surface area contributed by atoms with Crippen LogP contribution in [0.25, 0.3) is 0 Å². The molecule has 0 bridgehead atoms. The van der Waals surface area contributed by atoms with Crippen LogP contribution >= 0.6 is 0 Å². The van der Waals surface area contributed by atoms with Crippen LogP contribution in [0.4, 0.5) is 14.5 Å². The maximum Gasteiger partial charge on any atom is 0.261 e. The van der Waals surface area contributed by atoms with Gasteiger partial charge in [-0.1, -0.05) is 44.4 Å². The molecule has 0 aliphatic carbocycles. The van der Waals surface area contributed by atoms with Crippen molar-refractivity contribution in [2.24, 2.45) is 0 Å². The Hall–Kier alpha value is -2.23. The standard InChI is InChI=1S/C19H21F2NO/c1-2-3-4-8-13-22(16-9-6-5-7-10-16)19(23)17-12-11-15(20)14-18(17)21/h5-7,9-12,14H,2-4,8,13H2,1H3. The highest BCUT2D eigenvalue weighted by molar-refractivity contribution is 6.06. The third kappa shape index (κ3) is 4.62. The van der Waals surface area contributed by atoms with Crippen molar-refractivity contribution < 1.29 is 13.6 Å². The van der Waals surface area contributed by atoms with Crippen molar-refractivity contribution in [1.82, 2.24) is 0 Å². The molecule has 0 fully saturated rings. The summed E-state index contributed by atoms with van der Waals surface area (Å²) in [5.41, 5.74) is 0.614. The van der Waals surface area contributed by atoms with Gasteiger partial charge in [-0.25, -0.2) is 8.78 Å². The molecular weight excluding hydrogens is 296 g/mol. The van der Waals surface area contributed by atoms with E-state index in [0.717, 1.165) is 43.5 Å². The first-order chi connectivity index (χ1) is 11.1. The van der Waals surface area contributed by atoms with Gasteiger partial charge in [0.15, 0.2) is 0 Å². The van der Waals surface area contributed by atoms with E-state index in [4.69, 9.17) is 0 Å². The number of benzene rings is 2. The molecule has 0 N–H and O–H groups in total. The zero-order valence-corrected chi connectivity index (χ0v) is 13.3. The molecule has 1 amide bonds. The van der Waals surface area contributed by atoms with E-state index in [2.05, 4.69) is 6.92 Å². The molecule has 4 heteroatoms. The first kappa shape index (κ1) is 17.1. The third-order valence-electron chi connectivity index (χ3n) is 3.71. The summed E-state index contributed by atoms with van der Waals surface area (Å²) in [6.07, 6.45) is 4.06. The smallest absolute Gasteiger partial charge is 0.261 e. The Kier molecular flexibility index (Phi) is 6.27. The minimum absolute atomic E-state index is 0.106. The van der Waals surface area contributed by atoms with Crippen LogP contribution in [0, 0.1) is 11.6 Å². The maximum atomic E-state index is 13.9. The second-order valence-electron chi connectivity index (χ2n) is 5.48. The number of amides is 1. The van der Waals surface area contributed by atoms with E-state index in [1.807, 2.05) is 30.3 Å². The lowest BCUT2D eigenvalue weighted by Gasteiger charge is -2.23. The highest BCUT2D eigenvalue weighted by atomic mass is 19.1. The van der Waals surface area contributed by atoms with E-state index >= 15 is 0 Å². The highest BCUT2D eigenvalue weighted by Gasteiger charge is 2.20. The van der Waals surface area contributed by atoms with Gasteiger partial charge in [0, 0.05) is 18.3 Å². The molecule has 0 spiro atoms. The van der Waals surface area contributed by atoms with Crippen LogP contribution in [0.2, 0.25) is 0 Å². The average molecular weight is 317 g/mol. The van der Waals surface area contributed by atoms with Crippen molar-refractivity contribution in [1.29, 1.82) is 0 Å². The van der Waals surface area contributed by atoms with E-state index < -0.39 is 17.5 Å². The van der Waals surface area contributed by atoms with Gasteiger partial charge in [-0.05, 0) is 30.7 Å². The first-order valence-electron chi connectivity index (χ1n) is 7.95. The Balaban J connectivity index is 2.23. The molecule has 2 nitrogen and oxygen atoms in total. The van der Waals surface area contributed by atoms with Gasteiger partial charge < -0.3 is 4.90 Å². The molecule has 0 aliphatic rings. The van der Waals surface area contributed by atoms with Crippen LogP contribution in [-0.4, -0.2) is 12.5 Å². The van der Waals surface area contributed by atoms with Crippen molar-refractivity contribution in [3.8, 4) is 0 Å². The molecule has 0 unspecified atom stereocenters. The van der Waals surface area contributed by atoms with E-state index in [1.165, 1.54) is 6.07 Å². The summed E-state index contributed by atoms with van der Waals surface area (Å²) >= 11 is 0. The van der Waals surface area contributed by atoms with Gasteiger partial charge >= 0.3 is 0 Å². The number of para-hydroxylation sites is 1. The van der Waals surface area contributed by atoms with Gasteiger partial charge in [-0.15, -0.1) is 0 Å². The van der Waals surface area contributed by atoms with E-state index in [1.54, 1.807) is 4.90 Å². The molecule has 0 saturated carbocycles. The Morgan fingerprint density at radius 3 is 2.39 bits per heavy atom. The van der Waals surface area contributed by atoms with Crippen LogP contribution in [0.5, 0.6) is 0 Å². The molecule has 0 radical (unpaired) electrons. The number of anilines is 1. The predicted octanol–water partition coefficient (Wildman–Crippen LogP) is 5.19. The largest absolute Gasteiger partial charge is 0.308 e. The van der Waals surface area contributed by atoms with Gasteiger partial charge in [-0.2, -0.15) is 0 Å². The number of hydrogen-bond acceptors (Lipinski definition) is 1.